The number of aliphatic hydroxyl groups excluding tert-OH is 3. The minimum atomic E-state index is -1.20. The molecule has 1 heterocycles. The summed E-state index contributed by atoms with van der Waals surface area (Å²) in [5.41, 5.74) is 7.81. The van der Waals surface area contributed by atoms with Crippen LogP contribution in [-0.4, -0.2) is 62.8 Å². The maximum Gasteiger partial charge on any atom is 0.319 e. The van der Waals surface area contributed by atoms with Gasteiger partial charge in [-0.15, -0.1) is 0 Å². The van der Waals surface area contributed by atoms with Crippen LogP contribution >= 0.6 is 0 Å². The van der Waals surface area contributed by atoms with Crippen molar-refractivity contribution >= 4 is 23.8 Å². The summed E-state index contributed by atoms with van der Waals surface area (Å²) < 4.78 is 14.0. The number of aliphatic carboxylic acids is 1. The first kappa shape index (κ1) is 31.8. The van der Waals surface area contributed by atoms with Crippen LogP contribution in [0.4, 0.5) is 14.9 Å². The highest BCUT2D eigenvalue weighted by Gasteiger charge is 2.25. The van der Waals surface area contributed by atoms with Crippen molar-refractivity contribution in [1.29, 1.82) is 0 Å². The SMILES string of the molecule is CC(C)c1nc2c(c(-c3ccc(F)cc3)c1/C=C/[C@@H](O)C[C@@H](O)CC(=O)O)Cc1cc(NC(=O)NCCO)ccc1CC2. The van der Waals surface area contributed by atoms with Crippen LogP contribution in [0.1, 0.15) is 66.2 Å². The average molecular weight is 592 g/mol. The number of carbonyl (C=O) groups excluding carboxylic acids is 1. The number of nitrogens with one attached hydrogen (secondary N) is 2. The summed E-state index contributed by atoms with van der Waals surface area (Å²) in [4.78, 5) is 28.3. The third-order valence-corrected chi connectivity index (χ3v) is 7.40. The molecule has 1 aromatic heterocycles. The Morgan fingerprint density at radius 3 is 2.49 bits per heavy atom. The molecule has 0 radical (unpaired) electrons. The van der Waals surface area contributed by atoms with E-state index >= 15 is 0 Å². The van der Waals surface area contributed by atoms with E-state index in [2.05, 4.69) is 10.6 Å². The monoisotopic (exact) mass is 591 g/mol. The summed E-state index contributed by atoms with van der Waals surface area (Å²) in [6.07, 6.45) is 2.30. The maximum atomic E-state index is 14.0. The van der Waals surface area contributed by atoms with Gasteiger partial charge in [-0.05, 0) is 70.8 Å². The maximum absolute atomic E-state index is 14.0. The lowest BCUT2D eigenvalue weighted by Gasteiger charge is -2.22. The van der Waals surface area contributed by atoms with Gasteiger partial charge in [-0.3, -0.25) is 9.78 Å². The fraction of sp³-hybridized carbons (Fsp3) is 0.364. The predicted molar refractivity (Wildman–Crippen MR) is 162 cm³/mol. The number of carbonyl (C=O) groups is 2. The van der Waals surface area contributed by atoms with Gasteiger partial charge < -0.3 is 31.1 Å². The lowest BCUT2D eigenvalue weighted by Crippen LogP contribution is -2.31. The minimum Gasteiger partial charge on any atom is -0.481 e. The second-order valence-corrected chi connectivity index (χ2v) is 11.1. The molecule has 0 unspecified atom stereocenters. The molecule has 43 heavy (non-hydrogen) atoms. The van der Waals surface area contributed by atoms with Gasteiger partial charge in [0.2, 0.25) is 0 Å². The molecule has 2 atom stereocenters. The van der Waals surface area contributed by atoms with Crippen molar-refractivity contribution in [2.24, 2.45) is 0 Å². The molecule has 0 spiro atoms. The first-order valence-electron chi connectivity index (χ1n) is 14.4. The molecule has 0 saturated heterocycles. The van der Waals surface area contributed by atoms with Crippen molar-refractivity contribution in [2.75, 3.05) is 18.5 Å². The van der Waals surface area contributed by atoms with Crippen LogP contribution in [0.2, 0.25) is 0 Å². The Labute approximate surface area is 250 Å². The lowest BCUT2D eigenvalue weighted by molar-refractivity contribution is -0.139. The highest BCUT2D eigenvalue weighted by atomic mass is 19.1. The van der Waals surface area contributed by atoms with E-state index in [-0.39, 0.29) is 31.3 Å². The van der Waals surface area contributed by atoms with Crippen LogP contribution in [0.25, 0.3) is 17.2 Å². The number of aromatic nitrogens is 1. The lowest BCUT2D eigenvalue weighted by atomic mass is 9.86. The molecule has 0 fully saturated rings. The van der Waals surface area contributed by atoms with E-state index < -0.39 is 30.6 Å². The first-order chi connectivity index (χ1) is 20.5. The number of halogens is 1. The van der Waals surface area contributed by atoms with Crippen molar-refractivity contribution in [3.8, 4) is 11.1 Å². The highest BCUT2D eigenvalue weighted by Crippen LogP contribution is 2.39. The van der Waals surface area contributed by atoms with E-state index in [1.807, 2.05) is 32.0 Å². The molecule has 6 N–H and O–H groups in total. The summed E-state index contributed by atoms with van der Waals surface area (Å²) in [5.74, 6) is -1.50. The van der Waals surface area contributed by atoms with E-state index in [9.17, 15) is 24.2 Å². The number of amides is 2. The topological polar surface area (TPSA) is 152 Å². The van der Waals surface area contributed by atoms with Gasteiger partial charge in [0, 0.05) is 36.3 Å². The Morgan fingerprint density at radius 2 is 1.81 bits per heavy atom. The number of carboxylic acid groups (broad SMARTS) is 1. The van der Waals surface area contributed by atoms with Crippen molar-refractivity contribution in [3.05, 3.63) is 88.0 Å². The molecule has 2 aromatic carbocycles. The number of aryl methyl sites for hydroxylation is 2. The molecule has 1 aliphatic rings. The summed E-state index contributed by atoms with van der Waals surface area (Å²) in [6.45, 7) is 4.03. The number of fused-ring (bicyclic) bond motifs is 2. The van der Waals surface area contributed by atoms with E-state index in [0.29, 0.717) is 18.5 Å². The van der Waals surface area contributed by atoms with Gasteiger partial charge in [-0.25, -0.2) is 9.18 Å². The van der Waals surface area contributed by atoms with Crippen LogP contribution in [0.15, 0.2) is 48.5 Å². The Balaban J connectivity index is 1.81. The Morgan fingerprint density at radius 1 is 1.07 bits per heavy atom. The number of pyridine rings is 1. The molecule has 0 saturated carbocycles. The summed E-state index contributed by atoms with van der Waals surface area (Å²) in [7, 11) is 0. The molecule has 2 amide bonds. The van der Waals surface area contributed by atoms with Crippen LogP contribution in [0.5, 0.6) is 0 Å². The van der Waals surface area contributed by atoms with Crippen molar-refractivity contribution < 1.29 is 34.4 Å². The predicted octanol–water partition coefficient (Wildman–Crippen LogP) is 4.41. The van der Waals surface area contributed by atoms with E-state index in [0.717, 1.165) is 51.2 Å². The number of aliphatic hydroxyl groups is 3. The molecule has 1 aliphatic carbocycles. The van der Waals surface area contributed by atoms with Crippen LogP contribution < -0.4 is 10.6 Å². The standard InChI is InChI=1S/C33H38FN3O6/c1-19(2)32-27(11-10-25(39)17-26(40)18-30(41)42)31(21-3-7-23(34)8-4-21)28-16-22-15-24(36-33(43)35-13-14-38)9-5-20(22)6-12-29(28)37-32/h3-5,7-11,15,19,25-26,38-40H,6,12-14,16-18H2,1-2H3,(H,41,42)(H2,35,36,43)/b11-10+/t25-,26-/m1/s1. The average Bonchev–Trinajstić information content (AvgIpc) is 3.13. The van der Waals surface area contributed by atoms with Gasteiger partial charge in [0.25, 0.3) is 0 Å². The molecule has 0 bridgehead atoms. The zero-order valence-electron chi connectivity index (χ0n) is 24.3. The quantitative estimate of drug-likeness (QED) is 0.193. The zero-order valence-corrected chi connectivity index (χ0v) is 24.3. The molecular weight excluding hydrogens is 553 g/mol. The normalized spacial score (nSPS) is 14.1. The van der Waals surface area contributed by atoms with Crippen molar-refractivity contribution in [3.63, 3.8) is 0 Å². The number of anilines is 1. The number of urea groups is 1. The van der Waals surface area contributed by atoms with Crippen LogP contribution in [-0.2, 0) is 24.1 Å². The highest BCUT2D eigenvalue weighted by molar-refractivity contribution is 5.89. The number of hydrogen-bond acceptors (Lipinski definition) is 6. The van der Waals surface area contributed by atoms with Crippen molar-refractivity contribution in [2.45, 2.75) is 64.1 Å². The number of nitrogens with zero attached hydrogens (tertiary/aromatic N) is 1. The fourth-order valence-corrected chi connectivity index (χ4v) is 5.41. The molecule has 9 nitrogen and oxygen atoms in total. The van der Waals surface area contributed by atoms with Gasteiger partial charge in [0.15, 0.2) is 0 Å². The summed E-state index contributed by atoms with van der Waals surface area (Å²) in [5, 5.41) is 44.0. The van der Waals surface area contributed by atoms with Crippen LogP contribution in [0.3, 0.4) is 0 Å². The first-order valence-corrected chi connectivity index (χ1v) is 14.4. The van der Waals surface area contributed by atoms with E-state index in [4.69, 9.17) is 15.2 Å². The third-order valence-electron chi connectivity index (χ3n) is 7.40. The second-order valence-electron chi connectivity index (χ2n) is 11.1. The number of carboxylic acids is 1. The number of rotatable bonds is 11. The molecule has 228 valence electrons. The molecular formula is C33H38FN3O6. The van der Waals surface area contributed by atoms with Crippen molar-refractivity contribution in [1.82, 2.24) is 10.3 Å². The summed E-state index contributed by atoms with van der Waals surface area (Å²) >= 11 is 0. The van der Waals surface area contributed by atoms with Gasteiger partial charge in [0.05, 0.1) is 30.9 Å². The van der Waals surface area contributed by atoms with E-state index in [1.165, 1.54) is 18.2 Å². The van der Waals surface area contributed by atoms with Gasteiger partial charge >= 0.3 is 12.0 Å². The number of benzene rings is 2. The van der Waals surface area contributed by atoms with Gasteiger partial charge in [-0.2, -0.15) is 0 Å². The van der Waals surface area contributed by atoms with E-state index in [1.54, 1.807) is 18.2 Å². The van der Waals surface area contributed by atoms with Gasteiger partial charge in [0.1, 0.15) is 5.82 Å². The molecule has 10 heteroatoms. The minimum absolute atomic E-state index is 0.0118. The third kappa shape index (κ3) is 8.25. The second kappa shape index (κ2) is 14.4. The Kier molecular flexibility index (Phi) is 10.6. The zero-order chi connectivity index (χ0) is 31.1. The smallest absolute Gasteiger partial charge is 0.319 e. The molecule has 0 aliphatic heterocycles. The largest absolute Gasteiger partial charge is 0.481 e. The number of hydrogen-bond donors (Lipinski definition) is 6. The van der Waals surface area contributed by atoms with Gasteiger partial charge in [-0.1, -0.05) is 44.2 Å². The van der Waals surface area contributed by atoms with Crippen LogP contribution in [0, 0.1) is 5.82 Å². The fourth-order valence-electron chi connectivity index (χ4n) is 5.41. The molecule has 4 rings (SSSR count). The Hall–Kier alpha value is -4.12. The molecule has 3 aromatic rings. The summed E-state index contributed by atoms with van der Waals surface area (Å²) in [6, 6.07) is 11.6. The Bertz CT molecular complexity index is 1490.